The van der Waals surface area contributed by atoms with Gasteiger partial charge in [0.1, 0.15) is 18.9 Å². The van der Waals surface area contributed by atoms with Gasteiger partial charge < -0.3 is 20.3 Å². The number of rotatable bonds is 7. The number of carbonyl (C=O) groups is 1. The fraction of sp³-hybridized carbons (Fsp3) is 0.533. The minimum Gasteiger partial charge on any atom is -0.485 e. The van der Waals surface area contributed by atoms with Gasteiger partial charge in [-0.15, -0.1) is 0 Å². The van der Waals surface area contributed by atoms with Gasteiger partial charge in [-0.2, -0.15) is 0 Å². The highest BCUT2D eigenvalue weighted by molar-refractivity contribution is 5.90. The molecule has 0 aliphatic heterocycles. The van der Waals surface area contributed by atoms with Crippen LogP contribution < -0.4 is 15.8 Å². The molecule has 0 aromatic heterocycles. The fourth-order valence-corrected chi connectivity index (χ4v) is 1.87. The lowest BCUT2D eigenvalue weighted by Crippen LogP contribution is -2.46. The Morgan fingerprint density at radius 3 is 2.55 bits per heavy atom. The highest BCUT2D eigenvalue weighted by atomic mass is 16.5. The molecule has 112 valence electrons. The van der Waals surface area contributed by atoms with Gasteiger partial charge in [-0.1, -0.05) is 0 Å². The standard InChI is InChI=1S/C15H25N3O2/c1-5-18(4,6-2)9-10-20-15-11-13(16)7-8-14(15)17-12(3)19/h7-8,11H,5-6,9-10,16H2,1-4H3/p+1. The molecule has 0 bridgehead atoms. The summed E-state index contributed by atoms with van der Waals surface area (Å²) in [4.78, 5) is 11.2. The summed E-state index contributed by atoms with van der Waals surface area (Å²) in [5.41, 5.74) is 7.06. The highest BCUT2D eigenvalue weighted by Crippen LogP contribution is 2.27. The Bertz CT molecular complexity index is 456. The molecule has 5 nitrogen and oxygen atoms in total. The summed E-state index contributed by atoms with van der Waals surface area (Å²) >= 11 is 0. The first-order valence-electron chi connectivity index (χ1n) is 7.03. The van der Waals surface area contributed by atoms with Crippen molar-refractivity contribution in [1.29, 1.82) is 0 Å². The van der Waals surface area contributed by atoms with E-state index in [0.717, 1.165) is 24.1 Å². The molecular weight excluding hydrogens is 254 g/mol. The number of hydrogen-bond acceptors (Lipinski definition) is 3. The molecule has 20 heavy (non-hydrogen) atoms. The number of amides is 1. The second-order valence-electron chi connectivity index (χ2n) is 5.26. The first-order valence-corrected chi connectivity index (χ1v) is 7.03. The molecule has 0 aliphatic carbocycles. The molecule has 0 saturated carbocycles. The van der Waals surface area contributed by atoms with Gasteiger partial charge in [-0.25, -0.2) is 0 Å². The summed E-state index contributed by atoms with van der Waals surface area (Å²) in [5, 5.41) is 2.75. The van der Waals surface area contributed by atoms with Gasteiger partial charge in [0.05, 0.1) is 25.8 Å². The number of ether oxygens (including phenoxy) is 1. The summed E-state index contributed by atoms with van der Waals surface area (Å²) in [7, 11) is 2.21. The SMILES string of the molecule is CC[N+](C)(CC)CCOc1cc(N)ccc1NC(C)=O. The molecule has 3 N–H and O–H groups in total. The Morgan fingerprint density at radius 1 is 1.35 bits per heavy atom. The lowest BCUT2D eigenvalue weighted by molar-refractivity contribution is -0.906. The van der Waals surface area contributed by atoms with Crippen LogP contribution in [0.2, 0.25) is 0 Å². The third-order valence-corrected chi connectivity index (χ3v) is 3.73. The van der Waals surface area contributed by atoms with Crippen LogP contribution in [0.1, 0.15) is 20.8 Å². The topological polar surface area (TPSA) is 64.3 Å². The van der Waals surface area contributed by atoms with E-state index in [0.29, 0.717) is 23.7 Å². The number of nitrogen functional groups attached to an aromatic ring is 1. The second kappa shape index (κ2) is 7.14. The normalized spacial score (nSPS) is 11.2. The zero-order valence-corrected chi connectivity index (χ0v) is 12.9. The number of hydrogen-bond donors (Lipinski definition) is 2. The molecule has 1 amide bonds. The van der Waals surface area contributed by atoms with Crippen molar-refractivity contribution in [3.05, 3.63) is 18.2 Å². The molecule has 5 heteroatoms. The van der Waals surface area contributed by atoms with Crippen LogP contribution >= 0.6 is 0 Å². The maximum Gasteiger partial charge on any atom is 0.221 e. The number of nitrogens with two attached hydrogens (primary N) is 1. The number of likely N-dealkylation sites (N-methyl/N-ethyl adjacent to an activating group) is 1. The van der Waals surface area contributed by atoms with Crippen LogP contribution in [0, 0.1) is 0 Å². The van der Waals surface area contributed by atoms with E-state index < -0.39 is 0 Å². The van der Waals surface area contributed by atoms with Gasteiger partial charge in [0.2, 0.25) is 5.91 Å². The molecular formula is C15H26N3O2+. The molecule has 0 saturated heterocycles. The number of nitrogens with zero attached hydrogens (tertiary/aromatic N) is 1. The average molecular weight is 280 g/mol. The first kappa shape index (κ1) is 16.3. The van der Waals surface area contributed by atoms with Crippen molar-refractivity contribution in [3.63, 3.8) is 0 Å². The summed E-state index contributed by atoms with van der Waals surface area (Å²) in [6.07, 6.45) is 0. The minimum atomic E-state index is -0.123. The Kier molecular flexibility index (Phi) is 5.82. The van der Waals surface area contributed by atoms with Crippen LogP contribution in [0.3, 0.4) is 0 Å². The average Bonchev–Trinajstić information content (AvgIpc) is 2.41. The molecule has 0 spiro atoms. The van der Waals surface area contributed by atoms with E-state index in [9.17, 15) is 4.79 Å². The Morgan fingerprint density at radius 2 is 2.00 bits per heavy atom. The lowest BCUT2D eigenvalue weighted by atomic mass is 10.2. The van der Waals surface area contributed by atoms with Crippen molar-refractivity contribution in [2.24, 2.45) is 0 Å². The van der Waals surface area contributed by atoms with E-state index in [1.807, 2.05) is 0 Å². The van der Waals surface area contributed by atoms with E-state index in [1.54, 1.807) is 18.2 Å². The summed E-state index contributed by atoms with van der Waals surface area (Å²) in [6, 6.07) is 5.25. The van der Waals surface area contributed by atoms with Crippen LogP contribution in [0.4, 0.5) is 11.4 Å². The van der Waals surface area contributed by atoms with Crippen LogP contribution in [-0.2, 0) is 4.79 Å². The predicted octanol–water partition coefficient (Wildman–Crippen LogP) is 2.09. The van der Waals surface area contributed by atoms with E-state index >= 15 is 0 Å². The predicted molar refractivity (Wildman–Crippen MR) is 82.8 cm³/mol. The summed E-state index contributed by atoms with van der Waals surface area (Å²) in [6.45, 7) is 9.46. The molecule has 1 aromatic carbocycles. The van der Waals surface area contributed by atoms with E-state index in [-0.39, 0.29) is 5.91 Å². The molecule has 0 unspecified atom stereocenters. The molecule has 1 rings (SSSR count). The molecule has 0 aliphatic rings. The zero-order chi connectivity index (χ0) is 15.2. The summed E-state index contributed by atoms with van der Waals surface area (Å²) in [5.74, 6) is 0.501. The van der Waals surface area contributed by atoms with Gasteiger partial charge in [0.25, 0.3) is 0 Å². The minimum absolute atomic E-state index is 0.123. The number of anilines is 2. The van der Waals surface area contributed by atoms with Gasteiger partial charge in [-0.3, -0.25) is 4.79 Å². The first-order chi connectivity index (χ1) is 9.40. The zero-order valence-electron chi connectivity index (χ0n) is 12.9. The molecule has 0 atom stereocenters. The number of nitrogens with one attached hydrogen (secondary N) is 1. The number of quaternary nitrogens is 1. The number of benzene rings is 1. The third-order valence-electron chi connectivity index (χ3n) is 3.73. The van der Waals surface area contributed by atoms with Gasteiger partial charge in [0, 0.05) is 18.7 Å². The van der Waals surface area contributed by atoms with Gasteiger partial charge >= 0.3 is 0 Å². The van der Waals surface area contributed by atoms with Crippen molar-refractivity contribution in [2.75, 3.05) is 44.3 Å². The van der Waals surface area contributed by atoms with E-state index in [2.05, 4.69) is 26.2 Å². The third kappa shape index (κ3) is 4.74. The van der Waals surface area contributed by atoms with Crippen LogP contribution in [-0.4, -0.2) is 43.7 Å². The van der Waals surface area contributed by atoms with Crippen molar-refractivity contribution in [1.82, 2.24) is 0 Å². The fourth-order valence-electron chi connectivity index (χ4n) is 1.87. The number of carbonyl (C=O) groups excluding carboxylic acids is 1. The highest BCUT2D eigenvalue weighted by Gasteiger charge is 2.16. The lowest BCUT2D eigenvalue weighted by Gasteiger charge is -2.32. The van der Waals surface area contributed by atoms with Gasteiger partial charge in [-0.05, 0) is 26.0 Å². The van der Waals surface area contributed by atoms with Crippen molar-refractivity contribution >= 4 is 17.3 Å². The molecule has 0 radical (unpaired) electrons. The van der Waals surface area contributed by atoms with Crippen LogP contribution in [0.15, 0.2) is 18.2 Å². The van der Waals surface area contributed by atoms with Crippen LogP contribution in [0.5, 0.6) is 5.75 Å². The smallest absolute Gasteiger partial charge is 0.221 e. The Labute approximate surface area is 121 Å². The Balaban J connectivity index is 2.71. The van der Waals surface area contributed by atoms with Crippen LogP contribution in [0.25, 0.3) is 0 Å². The Hall–Kier alpha value is -1.75. The second-order valence-corrected chi connectivity index (χ2v) is 5.26. The molecule has 0 fully saturated rings. The van der Waals surface area contributed by atoms with Crippen molar-refractivity contribution in [2.45, 2.75) is 20.8 Å². The molecule has 0 heterocycles. The van der Waals surface area contributed by atoms with Crippen molar-refractivity contribution < 1.29 is 14.0 Å². The van der Waals surface area contributed by atoms with Gasteiger partial charge in [0.15, 0.2) is 0 Å². The monoisotopic (exact) mass is 280 g/mol. The molecule has 1 aromatic rings. The largest absolute Gasteiger partial charge is 0.485 e. The summed E-state index contributed by atoms with van der Waals surface area (Å²) < 4.78 is 6.76. The van der Waals surface area contributed by atoms with Crippen molar-refractivity contribution in [3.8, 4) is 5.75 Å². The van der Waals surface area contributed by atoms with E-state index in [4.69, 9.17) is 10.5 Å². The quantitative estimate of drug-likeness (QED) is 0.594. The van der Waals surface area contributed by atoms with E-state index in [1.165, 1.54) is 6.92 Å². The maximum atomic E-state index is 11.2. The maximum absolute atomic E-state index is 11.2.